The molecular formula is C12H10F2N2O. The average Bonchev–Trinajstić information content (AvgIpc) is 2.24. The first-order valence-corrected chi connectivity index (χ1v) is 5.02. The van der Waals surface area contributed by atoms with Gasteiger partial charge in [-0.15, -0.1) is 0 Å². The molecule has 0 saturated carbocycles. The molecule has 0 amide bonds. The van der Waals surface area contributed by atoms with E-state index in [2.05, 4.69) is 9.97 Å². The number of halogens is 2. The molecule has 0 spiro atoms. The molecule has 1 N–H and O–H groups in total. The number of H-pyrrole nitrogens is 1. The number of benzene rings is 1. The fourth-order valence-corrected chi connectivity index (χ4v) is 1.49. The van der Waals surface area contributed by atoms with Crippen molar-refractivity contribution in [3.05, 3.63) is 51.6 Å². The summed E-state index contributed by atoms with van der Waals surface area (Å²) in [5, 5.41) is 0. The minimum absolute atomic E-state index is 0.00394. The number of hydrogen-bond acceptors (Lipinski definition) is 2. The quantitative estimate of drug-likeness (QED) is 0.826. The van der Waals surface area contributed by atoms with Gasteiger partial charge in [0.15, 0.2) is 0 Å². The number of hydrogen-bond donors (Lipinski definition) is 1. The van der Waals surface area contributed by atoms with E-state index in [1.165, 1.54) is 6.07 Å². The van der Waals surface area contributed by atoms with Gasteiger partial charge in [-0.2, -0.15) is 0 Å². The van der Waals surface area contributed by atoms with Gasteiger partial charge in [0, 0.05) is 17.3 Å². The van der Waals surface area contributed by atoms with Crippen LogP contribution in [0.4, 0.5) is 8.78 Å². The van der Waals surface area contributed by atoms with Gasteiger partial charge in [0.05, 0.1) is 5.69 Å². The minimum Gasteiger partial charge on any atom is -0.323 e. The summed E-state index contributed by atoms with van der Waals surface area (Å²) in [5.41, 5.74) is 0.699. The van der Waals surface area contributed by atoms with E-state index in [0.29, 0.717) is 11.4 Å². The fourth-order valence-electron chi connectivity index (χ4n) is 1.49. The highest BCUT2D eigenvalue weighted by atomic mass is 19.1. The molecule has 0 fully saturated rings. The zero-order chi connectivity index (χ0) is 12.6. The van der Waals surface area contributed by atoms with Gasteiger partial charge in [-0.3, -0.25) is 4.79 Å². The van der Waals surface area contributed by atoms with Crippen LogP contribution in [0, 0.1) is 25.5 Å². The molecule has 0 aliphatic heterocycles. The van der Waals surface area contributed by atoms with Crippen LogP contribution in [0.1, 0.15) is 11.4 Å². The van der Waals surface area contributed by atoms with E-state index in [1.807, 2.05) is 0 Å². The van der Waals surface area contributed by atoms with Crippen LogP contribution in [-0.4, -0.2) is 9.97 Å². The van der Waals surface area contributed by atoms with Gasteiger partial charge >= 0.3 is 0 Å². The molecule has 0 saturated heterocycles. The molecule has 0 unspecified atom stereocenters. The molecule has 0 atom stereocenters. The Hall–Kier alpha value is -2.04. The highest BCUT2D eigenvalue weighted by molar-refractivity contribution is 5.59. The van der Waals surface area contributed by atoms with E-state index < -0.39 is 17.2 Å². The summed E-state index contributed by atoms with van der Waals surface area (Å²) < 4.78 is 26.3. The molecule has 2 aromatic rings. The molecule has 1 aromatic carbocycles. The van der Waals surface area contributed by atoms with Gasteiger partial charge in [-0.25, -0.2) is 13.8 Å². The van der Waals surface area contributed by atoms with Crippen LogP contribution in [0.25, 0.3) is 11.3 Å². The normalized spacial score (nSPS) is 10.6. The number of nitrogens with zero attached hydrogens (tertiary/aromatic N) is 1. The van der Waals surface area contributed by atoms with Crippen molar-refractivity contribution in [3.63, 3.8) is 0 Å². The van der Waals surface area contributed by atoms with Crippen molar-refractivity contribution in [2.75, 3.05) is 0 Å². The molecule has 88 valence electrons. The maximum absolute atomic E-state index is 13.5. The Kier molecular flexibility index (Phi) is 2.75. The van der Waals surface area contributed by atoms with Crippen LogP contribution >= 0.6 is 0 Å². The van der Waals surface area contributed by atoms with Crippen LogP contribution in [0.5, 0.6) is 0 Å². The van der Waals surface area contributed by atoms with Crippen molar-refractivity contribution >= 4 is 0 Å². The van der Waals surface area contributed by atoms with Crippen LogP contribution in [0.15, 0.2) is 23.0 Å². The predicted octanol–water partition coefficient (Wildman–Crippen LogP) is 2.33. The van der Waals surface area contributed by atoms with Crippen LogP contribution in [0.3, 0.4) is 0 Å². The van der Waals surface area contributed by atoms with Crippen molar-refractivity contribution in [1.29, 1.82) is 0 Å². The Balaban J connectivity index is 2.69. The number of aromatic amines is 1. The summed E-state index contributed by atoms with van der Waals surface area (Å²) in [6.45, 7) is 3.41. The maximum Gasteiger partial charge on any atom is 0.274 e. The molecule has 5 heteroatoms. The van der Waals surface area contributed by atoms with Crippen LogP contribution in [0.2, 0.25) is 0 Å². The van der Waals surface area contributed by atoms with Gasteiger partial charge < -0.3 is 4.98 Å². The summed E-state index contributed by atoms with van der Waals surface area (Å²) in [7, 11) is 0. The van der Waals surface area contributed by atoms with E-state index in [0.717, 1.165) is 12.1 Å². The molecule has 0 radical (unpaired) electrons. The third-order valence-electron chi connectivity index (χ3n) is 2.52. The second-order valence-electron chi connectivity index (χ2n) is 3.75. The topological polar surface area (TPSA) is 45.8 Å². The first-order valence-electron chi connectivity index (χ1n) is 5.02. The standard InChI is InChI=1S/C12H10F2N2O/c1-6-7(2)16-12(17)11(15-6)9-4-3-8(13)5-10(9)14/h3-5H,1-2H3,(H,16,17). The Labute approximate surface area is 96.2 Å². The van der Waals surface area contributed by atoms with Crippen molar-refractivity contribution in [1.82, 2.24) is 9.97 Å². The van der Waals surface area contributed by atoms with Crippen molar-refractivity contribution in [2.24, 2.45) is 0 Å². The zero-order valence-electron chi connectivity index (χ0n) is 9.34. The highest BCUT2D eigenvalue weighted by Gasteiger charge is 2.12. The van der Waals surface area contributed by atoms with E-state index in [4.69, 9.17) is 0 Å². The molecule has 17 heavy (non-hydrogen) atoms. The molecule has 2 rings (SSSR count). The maximum atomic E-state index is 13.5. The lowest BCUT2D eigenvalue weighted by molar-refractivity contribution is 0.585. The zero-order valence-corrected chi connectivity index (χ0v) is 9.34. The van der Waals surface area contributed by atoms with Gasteiger partial charge in [-0.05, 0) is 26.0 Å². The Morgan fingerprint density at radius 3 is 2.59 bits per heavy atom. The SMILES string of the molecule is Cc1nc(-c2ccc(F)cc2F)c(=O)[nH]c1C. The second kappa shape index (κ2) is 4.08. The lowest BCUT2D eigenvalue weighted by atomic mass is 10.1. The van der Waals surface area contributed by atoms with E-state index in [1.54, 1.807) is 13.8 Å². The fraction of sp³-hybridized carbons (Fsp3) is 0.167. The average molecular weight is 236 g/mol. The highest BCUT2D eigenvalue weighted by Crippen LogP contribution is 2.19. The van der Waals surface area contributed by atoms with Crippen molar-refractivity contribution in [3.8, 4) is 11.3 Å². The molecule has 0 aliphatic carbocycles. The van der Waals surface area contributed by atoms with E-state index >= 15 is 0 Å². The number of aromatic nitrogens is 2. The smallest absolute Gasteiger partial charge is 0.274 e. The van der Waals surface area contributed by atoms with Gasteiger partial charge in [0.2, 0.25) is 0 Å². The molecular weight excluding hydrogens is 226 g/mol. The van der Waals surface area contributed by atoms with Gasteiger partial charge in [0.25, 0.3) is 5.56 Å². The summed E-state index contributed by atoms with van der Waals surface area (Å²) >= 11 is 0. The van der Waals surface area contributed by atoms with Crippen molar-refractivity contribution in [2.45, 2.75) is 13.8 Å². The molecule has 0 aliphatic rings. The summed E-state index contributed by atoms with van der Waals surface area (Å²) in [5.74, 6) is -1.49. The second-order valence-corrected chi connectivity index (χ2v) is 3.75. The Morgan fingerprint density at radius 2 is 1.94 bits per heavy atom. The third kappa shape index (κ3) is 2.08. The summed E-state index contributed by atoms with van der Waals surface area (Å²) in [6.07, 6.45) is 0. The number of nitrogens with one attached hydrogen (secondary N) is 1. The Bertz CT molecular complexity index is 635. The largest absolute Gasteiger partial charge is 0.323 e. The first-order chi connectivity index (χ1) is 7.99. The Morgan fingerprint density at radius 1 is 1.24 bits per heavy atom. The van der Waals surface area contributed by atoms with Crippen LogP contribution in [-0.2, 0) is 0 Å². The molecule has 1 aromatic heterocycles. The van der Waals surface area contributed by atoms with Crippen LogP contribution < -0.4 is 5.56 Å². The minimum atomic E-state index is -0.800. The molecule has 1 heterocycles. The number of aryl methyl sites for hydroxylation is 2. The first kappa shape index (κ1) is 11.4. The van der Waals surface area contributed by atoms with E-state index in [9.17, 15) is 13.6 Å². The van der Waals surface area contributed by atoms with Crippen molar-refractivity contribution < 1.29 is 8.78 Å². The monoisotopic (exact) mass is 236 g/mol. The summed E-state index contributed by atoms with van der Waals surface area (Å²) in [6, 6.07) is 3.03. The van der Waals surface area contributed by atoms with E-state index in [-0.39, 0.29) is 11.3 Å². The van der Waals surface area contributed by atoms with Gasteiger partial charge in [0.1, 0.15) is 17.3 Å². The third-order valence-corrected chi connectivity index (χ3v) is 2.52. The molecule has 0 bridgehead atoms. The number of rotatable bonds is 1. The summed E-state index contributed by atoms with van der Waals surface area (Å²) in [4.78, 5) is 18.2. The lowest BCUT2D eigenvalue weighted by Gasteiger charge is -2.05. The van der Waals surface area contributed by atoms with Gasteiger partial charge in [-0.1, -0.05) is 0 Å². The predicted molar refractivity (Wildman–Crippen MR) is 59.7 cm³/mol. The molecule has 3 nitrogen and oxygen atoms in total. The lowest BCUT2D eigenvalue weighted by Crippen LogP contribution is -2.15.